The Labute approximate surface area is 103 Å². The maximum atomic E-state index is 10.5. The maximum absolute atomic E-state index is 10.5. The summed E-state index contributed by atoms with van der Waals surface area (Å²) in [6, 6.07) is 6.84. The topological polar surface area (TPSA) is 30.2 Å². The van der Waals surface area contributed by atoms with E-state index in [0.717, 1.165) is 5.56 Å². The van der Waals surface area contributed by atoms with Crippen LogP contribution in [0.1, 0.15) is 16.1 Å². The van der Waals surface area contributed by atoms with Gasteiger partial charge in [0.15, 0.2) is 12.0 Å². The van der Waals surface area contributed by atoms with Gasteiger partial charge in [-0.05, 0) is 30.7 Å². The quantitative estimate of drug-likeness (QED) is 0.745. The summed E-state index contributed by atoms with van der Waals surface area (Å²) in [5.41, 5.74) is 1.53. The van der Waals surface area contributed by atoms with Gasteiger partial charge in [-0.1, -0.05) is 29.3 Å². The lowest BCUT2D eigenvalue weighted by molar-refractivity contribution is 0.110. The van der Waals surface area contributed by atoms with E-state index in [0.29, 0.717) is 27.7 Å². The first kappa shape index (κ1) is 11.2. The Morgan fingerprint density at radius 2 is 1.94 bits per heavy atom. The van der Waals surface area contributed by atoms with Gasteiger partial charge in [-0.15, -0.1) is 0 Å². The van der Waals surface area contributed by atoms with Crippen LogP contribution in [0.2, 0.25) is 10.0 Å². The average molecular weight is 255 g/mol. The first-order valence-corrected chi connectivity index (χ1v) is 5.39. The second kappa shape index (κ2) is 4.32. The molecule has 1 heterocycles. The lowest BCUT2D eigenvalue weighted by atomic mass is 10.1. The largest absolute Gasteiger partial charge is 0.453 e. The molecule has 16 heavy (non-hydrogen) atoms. The van der Waals surface area contributed by atoms with Crippen LogP contribution in [0, 0.1) is 6.92 Å². The minimum atomic E-state index is 0.253. The molecule has 2 rings (SSSR count). The molecule has 0 bridgehead atoms. The van der Waals surface area contributed by atoms with Crippen molar-refractivity contribution in [3.05, 3.63) is 45.6 Å². The highest BCUT2D eigenvalue weighted by atomic mass is 35.5. The number of aldehydes is 1. The van der Waals surface area contributed by atoms with E-state index >= 15 is 0 Å². The van der Waals surface area contributed by atoms with Crippen molar-refractivity contribution in [3.63, 3.8) is 0 Å². The van der Waals surface area contributed by atoms with Crippen molar-refractivity contribution in [1.29, 1.82) is 0 Å². The zero-order valence-corrected chi connectivity index (χ0v) is 9.97. The minimum Gasteiger partial charge on any atom is -0.453 e. The lowest BCUT2D eigenvalue weighted by Crippen LogP contribution is -1.83. The lowest BCUT2D eigenvalue weighted by Gasteiger charge is -2.06. The van der Waals surface area contributed by atoms with Gasteiger partial charge in [0.2, 0.25) is 0 Å². The van der Waals surface area contributed by atoms with Crippen molar-refractivity contribution in [2.24, 2.45) is 0 Å². The summed E-state index contributed by atoms with van der Waals surface area (Å²) in [6.07, 6.45) is 0.640. The number of benzene rings is 1. The summed E-state index contributed by atoms with van der Waals surface area (Å²) in [7, 11) is 0. The molecule has 0 amide bonds. The van der Waals surface area contributed by atoms with Crippen LogP contribution < -0.4 is 0 Å². The van der Waals surface area contributed by atoms with E-state index in [-0.39, 0.29) is 5.76 Å². The Balaban J connectivity index is 2.63. The summed E-state index contributed by atoms with van der Waals surface area (Å²) in [4.78, 5) is 10.5. The first-order valence-electron chi connectivity index (χ1n) is 4.63. The van der Waals surface area contributed by atoms with Crippen LogP contribution in [0.4, 0.5) is 0 Å². The predicted molar refractivity (Wildman–Crippen MR) is 64.3 cm³/mol. The molecule has 0 fully saturated rings. The molecule has 0 aliphatic rings. The smallest absolute Gasteiger partial charge is 0.185 e. The van der Waals surface area contributed by atoms with Crippen LogP contribution in [0.5, 0.6) is 0 Å². The van der Waals surface area contributed by atoms with E-state index < -0.39 is 0 Å². The Morgan fingerprint density at radius 1 is 1.19 bits per heavy atom. The number of furan rings is 1. The van der Waals surface area contributed by atoms with Crippen molar-refractivity contribution >= 4 is 29.5 Å². The van der Waals surface area contributed by atoms with Gasteiger partial charge in [-0.25, -0.2) is 0 Å². The third kappa shape index (κ3) is 1.86. The molecule has 82 valence electrons. The third-order valence-corrected chi connectivity index (χ3v) is 3.08. The number of hydrogen-bond donors (Lipinski definition) is 0. The van der Waals surface area contributed by atoms with Gasteiger partial charge in [0.1, 0.15) is 5.76 Å². The van der Waals surface area contributed by atoms with Gasteiger partial charge >= 0.3 is 0 Å². The van der Waals surface area contributed by atoms with Gasteiger partial charge < -0.3 is 4.42 Å². The molecule has 0 atom stereocenters. The van der Waals surface area contributed by atoms with Crippen LogP contribution in [0.3, 0.4) is 0 Å². The van der Waals surface area contributed by atoms with Gasteiger partial charge in [0, 0.05) is 0 Å². The van der Waals surface area contributed by atoms with Crippen LogP contribution in [-0.4, -0.2) is 6.29 Å². The molecular weight excluding hydrogens is 247 g/mol. The Morgan fingerprint density at radius 3 is 2.56 bits per heavy atom. The summed E-state index contributed by atoms with van der Waals surface area (Å²) in [6.45, 7) is 1.88. The molecule has 0 radical (unpaired) electrons. The highest BCUT2D eigenvalue weighted by Gasteiger charge is 2.14. The van der Waals surface area contributed by atoms with E-state index in [4.69, 9.17) is 27.6 Å². The highest BCUT2D eigenvalue weighted by Crippen LogP contribution is 2.37. The van der Waals surface area contributed by atoms with E-state index in [1.165, 1.54) is 0 Å². The molecule has 0 spiro atoms. The molecular formula is C12H8Cl2O2. The molecule has 0 N–H and O–H groups in total. The first-order chi connectivity index (χ1) is 7.63. The second-order valence-corrected chi connectivity index (χ2v) is 4.16. The van der Waals surface area contributed by atoms with Gasteiger partial charge in [0.05, 0.1) is 15.6 Å². The average Bonchev–Trinajstić information content (AvgIpc) is 2.73. The van der Waals surface area contributed by atoms with E-state index in [1.54, 1.807) is 18.2 Å². The van der Waals surface area contributed by atoms with Gasteiger partial charge in [-0.3, -0.25) is 4.79 Å². The Hall–Kier alpha value is -1.25. The van der Waals surface area contributed by atoms with Crippen LogP contribution in [0.15, 0.2) is 28.7 Å². The fraction of sp³-hybridized carbons (Fsp3) is 0.0833. The zero-order valence-electron chi connectivity index (χ0n) is 8.46. The number of carbonyl (C=O) groups excluding carboxylic acids is 1. The molecule has 1 aromatic carbocycles. The van der Waals surface area contributed by atoms with E-state index in [9.17, 15) is 4.79 Å². The van der Waals surface area contributed by atoms with Gasteiger partial charge in [-0.2, -0.15) is 0 Å². The molecule has 0 aliphatic carbocycles. The van der Waals surface area contributed by atoms with Crippen molar-refractivity contribution in [1.82, 2.24) is 0 Å². The standard InChI is InChI=1S/C12H8Cl2O2/c1-7-2-4-9(13)11(12(7)14)10-5-3-8(6-15)16-10/h2-6H,1H3. The molecule has 0 aliphatic heterocycles. The van der Waals surface area contributed by atoms with E-state index in [1.807, 2.05) is 13.0 Å². The molecule has 4 heteroatoms. The minimum absolute atomic E-state index is 0.253. The molecule has 0 saturated heterocycles. The molecule has 0 unspecified atom stereocenters. The summed E-state index contributed by atoms with van der Waals surface area (Å²) in [5, 5.41) is 1.04. The fourth-order valence-electron chi connectivity index (χ4n) is 1.43. The maximum Gasteiger partial charge on any atom is 0.185 e. The highest BCUT2D eigenvalue weighted by molar-refractivity contribution is 6.39. The molecule has 1 aromatic heterocycles. The second-order valence-electron chi connectivity index (χ2n) is 3.37. The number of carbonyl (C=O) groups is 1. The monoisotopic (exact) mass is 254 g/mol. The predicted octanol–water partition coefficient (Wildman–Crippen LogP) is 4.37. The van der Waals surface area contributed by atoms with Crippen LogP contribution >= 0.6 is 23.2 Å². The zero-order chi connectivity index (χ0) is 11.7. The molecule has 2 nitrogen and oxygen atoms in total. The van der Waals surface area contributed by atoms with Crippen molar-refractivity contribution < 1.29 is 9.21 Å². The summed E-state index contributed by atoms with van der Waals surface area (Å²) in [5.74, 6) is 0.754. The number of hydrogen-bond acceptors (Lipinski definition) is 2. The number of aryl methyl sites for hydroxylation is 1. The number of halogens is 2. The Bertz CT molecular complexity index is 544. The summed E-state index contributed by atoms with van der Waals surface area (Å²) >= 11 is 12.2. The van der Waals surface area contributed by atoms with Crippen molar-refractivity contribution in [2.75, 3.05) is 0 Å². The van der Waals surface area contributed by atoms with Crippen molar-refractivity contribution in [2.45, 2.75) is 6.92 Å². The van der Waals surface area contributed by atoms with E-state index in [2.05, 4.69) is 0 Å². The molecule has 2 aromatic rings. The SMILES string of the molecule is Cc1ccc(Cl)c(-c2ccc(C=O)o2)c1Cl. The fourth-order valence-corrected chi connectivity index (χ4v) is 1.99. The van der Waals surface area contributed by atoms with Gasteiger partial charge in [0.25, 0.3) is 0 Å². The number of rotatable bonds is 2. The van der Waals surface area contributed by atoms with Crippen LogP contribution in [0.25, 0.3) is 11.3 Å². The third-order valence-electron chi connectivity index (χ3n) is 2.27. The normalized spacial score (nSPS) is 10.4. The Kier molecular flexibility index (Phi) is 3.03. The molecule has 0 saturated carbocycles. The van der Waals surface area contributed by atoms with Crippen LogP contribution in [-0.2, 0) is 0 Å². The van der Waals surface area contributed by atoms with Crippen molar-refractivity contribution in [3.8, 4) is 11.3 Å². The summed E-state index contributed by atoms with van der Waals surface area (Å²) < 4.78 is 5.30.